The largest absolute Gasteiger partial charge is 0.302 e. The molecule has 2 rings (SSSR count). The number of nitrogens with one attached hydrogen (secondary N) is 2. The van der Waals surface area contributed by atoms with Crippen LogP contribution in [0.3, 0.4) is 0 Å². The van der Waals surface area contributed by atoms with E-state index in [1.165, 1.54) is 0 Å². The first kappa shape index (κ1) is 13.5. The van der Waals surface area contributed by atoms with Gasteiger partial charge in [-0.2, -0.15) is 5.26 Å². The fourth-order valence-corrected chi connectivity index (χ4v) is 2.13. The topological polar surface area (TPSA) is 82.0 Å². The predicted molar refractivity (Wildman–Crippen MR) is 69.2 cm³/mol. The summed E-state index contributed by atoms with van der Waals surface area (Å²) in [5.41, 5.74) is 1.31. The Morgan fingerprint density at radius 3 is 2.89 bits per heavy atom. The zero-order valence-corrected chi connectivity index (χ0v) is 10.8. The summed E-state index contributed by atoms with van der Waals surface area (Å²) < 4.78 is 0. The Bertz CT molecular complexity index is 565. The molecule has 0 aromatic heterocycles. The molecule has 0 bridgehead atoms. The van der Waals surface area contributed by atoms with Gasteiger partial charge in [-0.05, 0) is 24.1 Å². The number of carbonyl (C=O) groups excluding carboxylic acids is 2. The molecule has 1 aliphatic heterocycles. The van der Waals surface area contributed by atoms with Crippen molar-refractivity contribution in [2.24, 2.45) is 0 Å². The zero-order chi connectivity index (χ0) is 13.8. The molecule has 1 aromatic rings. The van der Waals surface area contributed by atoms with E-state index >= 15 is 0 Å². The van der Waals surface area contributed by atoms with Crippen molar-refractivity contribution in [2.45, 2.75) is 25.4 Å². The first-order chi connectivity index (χ1) is 9.10. The van der Waals surface area contributed by atoms with E-state index in [1.807, 2.05) is 6.07 Å². The summed E-state index contributed by atoms with van der Waals surface area (Å²) in [6.07, 6.45) is 0.822. The highest BCUT2D eigenvalue weighted by Crippen LogP contribution is 2.18. The third-order valence-corrected chi connectivity index (χ3v) is 3.31. The number of piperidine rings is 1. The summed E-state index contributed by atoms with van der Waals surface area (Å²) in [6.45, 7) is 0.414. The number of hydrogen-bond acceptors (Lipinski definition) is 4. The van der Waals surface area contributed by atoms with E-state index in [2.05, 4.69) is 10.6 Å². The van der Waals surface area contributed by atoms with Crippen molar-refractivity contribution >= 4 is 23.4 Å². The van der Waals surface area contributed by atoms with Gasteiger partial charge in [0.25, 0.3) is 0 Å². The third-order valence-electron chi connectivity index (χ3n) is 2.96. The number of halogens is 1. The van der Waals surface area contributed by atoms with Crippen LogP contribution in [0.5, 0.6) is 0 Å². The predicted octanol–water partition coefficient (Wildman–Crippen LogP) is 1.11. The van der Waals surface area contributed by atoms with Crippen LogP contribution in [0, 0.1) is 11.3 Å². The van der Waals surface area contributed by atoms with Gasteiger partial charge in [0.05, 0.1) is 17.7 Å². The fourth-order valence-electron chi connectivity index (χ4n) is 1.88. The van der Waals surface area contributed by atoms with Crippen LogP contribution in [0.25, 0.3) is 0 Å². The maximum Gasteiger partial charge on any atom is 0.243 e. The van der Waals surface area contributed by atoms with Gasteiger partial charge in [0.15, 0.2) is 0 Å². The number of rotatable bonds is 3. The molecule has 1 unspecified atom stereocenters. The summed E-state index contributed by atoms with van der Waals surface area (Å²) in [7, 11) is 0. The van der Waals surface area contributed by atoms with Crippen molar-refractivity contribution in [1.29, 1.82) is 5.26 Å². The Kier molecular flexibility index (Phi) is 4.15. The summed E-state index contributed by atoms with van der Waals surface area (Å²) in [6, 6.07) is 6.63. The molecule has 0 saturated carbocycles. The molecular weight excluding hydrogens is 266 g/mol. The second kappa shape index (κ2) is 5.83. The van der Waals surface area contributed by atoms with E-state index in [0.717, 1.165) is 5.56 Å². The summed E-state index contributed by atoms with van der Waals surface area (Å²) >= 11 is 6.04. The van der Waals surface area contributed by atoms with Crippen LogP contribution in [-0.4, -0.2) is 17.9 Å². The summed E-state index contributed by atoms with van der Waals surface area (Å²) in [5.74, 6) is -0.541. The van der Waals surface area contributed by atoms with E-state index in [-0.39, 0.29) is 17.9 Å². The molecule has 98 valence electrons. The van der Waals surface area contributed by atoms with Gasteiger partial charge in [0.1, 0.15) is 0 Å². The summed E-state index contributed by atoms with van der Waals surface area (Å²) in [4.78, 5) is 22.5. The minimum Gasteiger partial charge on any atom is -0.302 e. The van der Waals surface area contributed by atoms with Gasteiger partial charge in [-0.1, -0.05) is 17.7 Å². The van der Waals surface area contributed by atoms with E-state index in [4.69, 9.17) is 16.9 Å². The number of amides is 2. The van der Waals surface area contributed by atoms with E-state index in [1.54, 1.807) is 18.2 Å². The molecule has 1 aromatic carbocycles. The van der Waals surface area contributed by atoms with Gasteiger partial charge < -0.3 is 5.32 Å². The van der Waals surface area contributed by atoms with Crippen LogP contribution in [0.2, 0.25) is 5.02 Å². The van der Waals surface area contributed by atoms with Crippen LogP contribution in [-0.2, 0) is 16.1 Å². The molecule has 1 atom stereocenters. The average molecular weight is 278 g/mol. The molecule has 19 heavy (non-hydrogen) atoms. The number of nitrogens with zero attached hydrogens (tertiary/aromatic N) is 1. The number of hydrogen-bond donors (Lipinski definition) is 2. The minimum absolute atomic E-state index is 0.237. The lowest BCUT2D eigenvalue weighted by Crippen LogP contribution is -2.50. The maximum atomic E-state index is 11.5. The number of nitriles is 1. The second-order valence-electron chi connectivity index (χ2n) is 4.30. The number of imide groups is 1. The van der Waals surface area contributed by atoms with E-state index < -0.39 is 0 Å². The van der Waals surface area contributed by atoms with Crippen molar-refractivity contribution in [3.63, 3.8) is 0 Å². The van der Waals surface area contributed by atoms with Crippen molar-refractivity contribution < 1.29 is 9.59 Å². The molecule has 1 heterocycles. The SMILES string of the molecule is N#Cc1ccc(CNC2CCC(=O)NC2=O)c(Cl)c1. The quantitative estimate of drug-likeness (QED) is 0.811. The van der Waals surface area contributed by atoms with Gasteiger partial charge in [-0.15, -0.1) is 0 Å². The van der Waals surface area contributed by atoms with E-state index in [9.17, 15) is 9.59 Å². The van der Waals surface area contributed by atoms with Gasteiger partial charge in [-0.25, -0.2) is 0 Å². The molecule has 6 heteroatoms. The van der Waals surface area contributed by atoms with Gasteiger partial charge in [0, 0.05) is 18.0 Å². The standard InChI is InChI=1S/C13H12ClN3O2/c14-10-5-8(6-15)1-2-9(10)7-16-11-3-4-12(18)17-13(11)19/h1-2,5,11,16H,3-4,7H2,(H,17,18,19). The average Bonchev–Trinajstić information content (AvgIpc) is 2.39. The molecule has 0 spiro atoms. The molecule has 2 N–H and O–H groups in total. The highest BCUT2D eigenvalue weighted by molar-refractivity contribution is 6.31. The van der Waals surface area contributed by atoms with Crippen molar-refractivity contribution in [3.8, 4) is 6.07 Å². The normalized spacial score (nSPS) is 18.8. The van der Waals surface area contributed by atoms with Crippen molar-refractivity contribution in [3.05, 3.63) is 34.3 Å². The number of benzene rings is 1. The van der Waals surface area contributed by atoms with Crippen molar-refractivity contribution in [1.82, 2.24) is 10.6 Å². The Hall–Kier alpha value is -1.90. The third kappa shape index (κ3) is 3.31. The lowest BCUT2D eigenvalue weighted by molar-refractivity contribution is -0.134. The summed E-state index contributed by atoms with van der Waals surface area (Å²) in [5, 5.41) is 14.6. The first-order valence-electron chi connectivity index (χ1n) is 5.86. The van der Waals surface area contributed by atoms with Crippen molar-refractivity contribution in [2.75, 3.05) is 0 Å². The van der Waals surface area contributed by atoms with Gasteiger partial charge in [0.2, 0.25) is 11.8 Å². The lowest BCUT2D eigenvalue weighted by atomic mass is 10.1. The van der Waals surface area contributed by atoms with Gasteiger partial charge >= 0.3 is 0 Å². The monoisotopic (exact) mass is 277 g/mol. The van der Waals surface area contributed by atoms with Crippen LogP contribution < -0.4 is 10.6 Å². The maximum absolute atomic E-state index is 11.5. The van der Waals surface area contributed by atoms with E-state index in [0.29, 0.717) is 30.0 Å². The first-order valence-corrected chi connectivity index (χ1v) is 6.23. The Labute approximate surface area is 115 Å². The van der Waals surface area contributed by atoms with Gasteiger partial charge in [-0.3, -0.25) is 14.9 Å². The van der Waals surface area contributed by atoms with Crippen LogP contribution in [0.4, 0.5) is 0 Å². The molecular formula is C13H12ClN3O2. The fraction of sp³-hybridized carbons (Fsp3) is 0.308. The lowest BCUT2D eigenvalue weighted by Gasteiger charge is -2.22. The highest BCUT2D eigenvalue weighted by Gasteiger charge is 2.25. The molecule has 5 nitrogen and oxygen atoms in total. The molecule has 1 fully saturated rings. The zero-order valence-electron chi connectivity index (χ0n) is 10.1. The smallest absolute Gasteiger partial charge is 0.243 e. The molecule has 0 radical (unpaired) electrons. The molecule has 1 saturated heterocycles. The minimum atomic E-state index is -0.385. The molecule has 1 aliphatic rings. The number of carbonyl (C=O) groups is 2. The highest BCUT2D eigenvalue weighted by atomic mass is 35.5. The molecule has 0 aliphatic carbocycles. The van der Waals surface area contributed by atoms with Crippen LogP contribution >= 0.6 is 11.6 Å². The Balaban J connectivity index is 1.97. The van der Waals surface area contributed by atoms with Crippen LogP contribution in [0.1, 0.15) is 24.0 Å². The molecule has 2 amide bonds. The second-order valence-corrected chi connectivity index (χ2v) is 4.71. The Morgan fingerprint density at radius 2 is 2.26 bits per heavy atom. The Morgan fingerprint density at radius 1 is 1.47 bits per heavy atom. The van der Waals surface area contributed by atoms with Crippen LogP contribution in [0.15, 0.2) is 18.2 Å².